The zero-order valence-electron chi connectivity index (χ0n) is 61.0. The number of carbonyl (C=O) groups is 14. The van der Waals surface area contributed by atoms with E-state index in [1.165, 1.54) is 38.1 Å². The van der Waals surface area contributed by atoms with Crippen LogP contribution in [0.4, 0.5) is 0 Å². The highest BCUT2D eigenvalue weighted by Crippen LogP contribution is 2.22. The molecular weight excluding hydrogens is 1390 g/mol. The van der Waals surface area contributed by atoms with Gasteiger partial charge >= 0.3 is 0 Å². The van der Waals surface area contributed by atoms with Crippen LogP contribution in [0.15, 0.2) is 85.2 Å². The average Bonchev–Trinajstić information content (AvgIpc) is 1.71. The number of fused-ring (bicyclic) bond motifs is 2. The summed E-state index contributed by atoms with van der Waals surface area (Å²) < 4.78 is 0. The van der Waals surface area contributed by atoms with Crippen LogP contribution < -0.4 is 86.7 Å². The number of amides is 14. The third-order valence-electron chi connectivity index (χ3n) is 18.1. The number of H-pyrrole nitrogens is 2. The number of aromatic nitrogens is 2. The number of benzene rings is 3. The van der Waals surface area contributed by atoms with E-state index < -0.39 is 181 Å². The lowest BCUT2D eigenvalue weighted by Gasteiger charge is -2.29. The molecule has 5 rings (SSSR count). The number of hydrogen-bond acceptors (Lipinski definition) is 19. The standard InChI is InChI=1S/C72H104N18O17/c1-7-38(3)21-26-58(95)83-55(32-57(75)94)69(104)86-52(29-42-22-24-45(93)25-23-42)67(102)88-53(30-43-33-77-48-17-11-9-15-46(43)48)68(103)85-51(20-14-28-74)65(100)81-40(5)64(99)79-35-59(96)82-50(19-13-27-73)66(101)87-54(31-44-34-78-49-18-12-10-16-47(44)49)70(105)90-62(41(6)92)72(107)89-61(39(4)8-2)71(106)80-36-60(97)84-56(37-91)63(76)98/h9-12,15-18,22-25,33-34,38-41,50-56,61-62,77-78,91-93H,7-8,13-14,19-21,26-32,35-37,73-74H2,1-6H3,(H2,75,94)(H2,76,98)(H,79,99)(H,80,106)(H,81,100)(H,82,96)(H,83,95)(H,84,97)(H,85,103)(H,86,104)(H,87,101)(H,88,102)(H,89,107)(H,90,105)/t38?,39-,40-,41+,50+,51+,52+,53+,54-,55+,56-,61-,62-/m0/s1. The minimum atomic E-state index is -1.77. The second kappa shape index (κ2) is 43.4. The van der Waals surface area contributed by atoms with Gasteiger partial charge in [-0.25, -0.2) is 0 Å². The number of para-hydroxylation sites is 2. The van der Waals surface area contributed by atoms with E-state index in [0.717, 1.165) is 6.42 Å². The fourth-order valence-corrected chi connectivity index (χ4v) is 11.3. The molecule has 2 heterocycles. The van der Waals surface area contributed by atoms with Gasteiger partial charge in [-0.3, -0.25) is 67.1 Å². The van der Waals surface area contributed by atoms with E-state index in [0.29, 0.717) is 51.3 Å². The van der Waals surface area contributed by atoms with E-state index in [1.54, 1.807) is 74.8 Å². The number of aromatic amines is 2. The Bertz CT molecular complexity index is 3880. The molecule has 3 aromatic carbocycles. The zero-order chi connectivity index (χ0) is 79.0. The van der Waals surface area contributed by atoms with Crippen LogP contribution in [0.1, 0.15) is 116 Å². The zero-order valence-corrected chi connectivity index (χ0v) is 61.0. The van der Waals surface area contributed by atoms with E-state index in [9.17, 15) is 82.4 Å². The molecule has 14 amide bonds. The first-order chi connectivity index (χ1) is 50.9. The summed E-state index contributed by atoms with van der Waals surface area (Å²) in [5.41, 5.74) is 25.3. The number of phenolic OH excluding ortho intramolecular Hbond substituents is 1. The Morgan fingerprint density at radius 3 is 1.38 bits per heavy atom. The molecule has 5 aromatic rings. The average molecular weight is 1490 g/mol. The van der Waals surface area contributed by atoms with Gasteiger partial charge < -0.3 is 112 Å². The number of rotatable bonds is 46. The number of nitrogens with one attached hydrogen (secondary N) is 14. The summed E-state index contributed by atoms with van der Waals surface area (Å²) in [4.78, 5) is 198. The number of phenols is 1. The quantitative estimate of drug-likeness (QED) is 0.0180. The Balaban J connectivity index is 1.32. The van der Waals surface area contributed by atoms with Crippen molar-refractivity contribution in [2.45, 2.75) is 185 Å². The minimum absolute atomic E-state index is 0.0308. The molecule has 35 nitrogen and oxygen atoms in total. The van der Waals surface area contributed by atoms with Crippen molar-refractivity contribution in [3.63, 3.8) is 0 Å². The highest BCUT2D eigenvalue weighted by atomic mass is 16.3. The van der Waals surface area contributed by atoms with Gasteiger partial charge in [-0.05, 0) is 112 Å². The van der Waals surface area contributed by atoms with Crippen molar-refractivity contribution < 1.29 is 82.4 Å². The Kier molecular flexibility index (Phi) is 35.1. The summed E-state index contributed by atoms with van der Waals surface area (Å²) in [6, 6.07) is 5.03. The van der Waals surface area contributed by atoms with Crippen molar-refractivity contribution in [3.05, 3.63) is 102 Å². The molecule has 107 heavy (non-hydrogen) atoms. The summed E-state index contributed by atoms with van der Waals surface area (Å²) in [6.45, 7) is 7.53. The van der Waals surface area contributed by atoms with Gasteiger partial charge in [-0.1, -0.05) is 89.1 Å². The van der Waals surface area contributed by atoms with E-state index >= 15 is 0 Å². The molecule has 0 saturated carbocycles. The molecule has 0 aliphatic heterocycles. The van der Waals surface area contributed by atoms with Crippen LogP contribution in [0, 0.1) is 11.8 Å². The van der Waals surface area contributed by atoms with Crippen LogP contribution in [0.3, 0.4) is 0 Å². The van der Waals surface area contributed by atoms with E-state index in [4.69, 9.17) is 22.9 Å². The number of nitrogens with two attached hydrogens (primary N) is 4. The number of hydrogen-bond donors (Lipinski definition) is 21. The second-order valence-electron chi connectivity index (χ2n) is 26.5. The van der Waals surface area contributed by atoms with Crippen LogP contribution in [-0.2, 0) is 86.4 Å². The normalized spacial score (nSPS) is 14.9. The lowest BCUT2D eigenvalue weighted by atomic mass is 9.97. The molecule has 0 aliphatic rings. The molecule has 0 aliphatic carbocycles. The van der Waals surface area contributed by atoms with Crippen LogP contribution in [0.25, 0.3) is 21.8 Å². The SMILES string of the molecule is CCC(C)CCC(=O)N[C@H](CC(N)=O)C(=O)N[C@H](Cc1ccc(O)cc1)C(=O)N[C@H](Cc1c[nH]c2ccccc12)C(=O)N[C@H](CCCN)C(=O)N[C@@H](C)C(=O)NCC(=O)N[C@H](CCCN)C(=O)N[C@@H](Cc1c[nH]c2ccccc12)C(=O)N[C@H](C(=O)N[C@H](C(=O)NCC(=O)N[C@@H](CO)C(N)=O)[C@@H](C)CC)[C@@H](C)O. The summed E-state index contributed by atoms with van der Waals surface area (Å²) in [5.74, 6) is -13.2. The van der Waals surface area contributed by atoms with Crippen LogP contribution in [0.2, 0.25) is 0 Å². The number of aromatic hydroxyl groups is 1. The monoisotopic (exact) mass is 1490 g/mol. The Morgan fingerprint density at radius 1 is 0.458 bits per heavy atom. The van der Waals surface area contributed by atoms with E-state index in [2.05, 4.69) is 73.8 Å². The number of aliphatic hydroxyl groups excluding tert-OH is 2. The number of carbonyl (C=O) groups excluding carboxylic acids is 14. The van der Waals surface area contributed by atoms with Gasteiger partial charge in [-0.2, -0.15) is 0 Å². The first kappa shape index (κ1) is 86.6. The molecule has 0 fully saturated rings. The van der Waals surface area contributed by atoms with Gasteiger partial charge in [0.15, 0.2) is 0 Å². The maximum atomic E-state index is 14.8. The van der Waals surface area contributed by atoms with Gasteiger partial charge in [0.1, 0.15) is 66.2 Å². The van der Waals surface area contributed by atoms with Gasteiger partial charge in [-0.15, -0.1) is 0 Å². The second-order valence-corrected chi connectivity index (χ2v) is 26.5. The molecule has 13 atom stereocenters. The predicted octanol–water partition coefficient (Wildman–Crippen LogP) is -3.43. The summed E-state index contributed by atoms with van der Waals surface area (Å²) in [5, 5.41) is 62.1. The fourth-order valence-electron chi connectivity index (χ4n) is 11.3. The number of primary amides is 2. The fraction of sp³-hybridized carbons (Fsp3) is 0.500. The van der Waals surface area contributed by atoms with Crippen LogP contribution >= 0.6 is 0 Å². The molecule has 35 heteroatoms. The predicted molar refractivity (Wildman–Crippen MR) is 393 cm³/mol. The maximum absolute atomic E-state index is 14.8. The maximum Gasteiger partial charge on any atom is 0.245 e. The highest BCUT2D eigenvalue weighted by molar-refractivity contribution is 6.00. The van der Waals surface area contributed by atoms with Crippen molar-refractivity contribution >= 4 is 105 Å². The number of aliphatic hydroxyl groups is 2. The molecule has 1 unspecified atom stereocenters. The Morgan fingerprint density at radius 2 is 0.897 bits per heavy atom. The third-order valence-corrected chi connectivity index (χ3v) is 18.1. The van der Waals surface area contributed by atoms with Crippen molar-refractivity contribution in [2.24, 2.45) is 34.8 Å². The van der Waals surface area contributed by atoms with Crippen LogP contribution in [-0.4, -0.2) is 207 Å². The summed E-state index contributed by atoms with van der Waals surface area (Å²) in [6.07, 6.45) is 2.08. The third kappa shape index (κ3) is 27.8. The van der Waals surface area contributed by atoms with Crippen molar-refractivity contribution in [3.8, 4) is 5.75 Å². The van der Waals surface area contributed by atoms with Crippen molar-refractivity contribution in [1.29, 1.82) is 0 Å². The molecule has 0 bridgehead atoms. The van der Waals surface area contributed by atoms with Gasteiger partial charge in [0.25, 0.3) is 0 Å². The minimum Gasteiger partial charge on any atom is -0.508 e. The molecule has 584 valence electrons. The van der Waals surface area contributed by atoms with E-state index in [1.807, 2.05) is 13.8 Å². The first-order valence-corrected chi connectivity index (χ1v) is 35.6. The largest absolute Gasteiger partial charge is 0.508 e. The Labute approximate surface area is 618 Å². The van der Waals surface area contributed by atoms with Crippen molar-refractivity contribution in [1.82, 2.24) is 73.8 Å². The smallest absolute Gasteiger partial charge is 0.245 e. The highest BCUT2D eigenvalue weighted by Gasteiger charge is 2.38. The Hall–Kier alpha value is -11.0. The lowest BCUT2D eigenvalue weighted by Crippen LogP contribution is -2.62. The van der Waals surface area contributed by atoms with Gasteiger partial charge in [0.2, 0.25) is 82.7 Å². The summed E-state index contributed by atoms with van der Waals surface area (Å²) >= 11 is 0. The molecule has 0 radical (unpaired) electrons. The first-order valence-electron chi connectivity index (χ1n) is 35.6. The molecule has 0 saturated heterocycles. The van der Waals surface area contributed by atoms with Gasteiger partial charge in [0.05, 0.1) is 32.2 Å². The van der Waals surface area contributed by atoms with E-state index in [-0.39, 0.29) is 76.1 Å². The molecule has 25 N–H and O–H groups in total. The molecule has 2 aromatic heterocycles. The molecular formula is C72H104N18O17. The van der Waals surface area contributed by atoms with Crippen LogP contribution in [0.5, 0.6) is 5.75 Å². The summed E-state index contributed by atoms with van der Waals surface area (Å²) in [7, 11) is 0. The van der Waals surface area contributed by atoms with Crippen molar-refractivity contribution in [2.75, 3.05) is 32.8 Å². The lowest BCUT2D eigenvalue weighted by molar-refractivity contribution is -0.137. The topological polar surface area (TPSA) is 580 Å². The molecule has 0 spiro atoms. The van der Waals surface area contributed by atoms with Gasteiger partial charge in [0, 0.05) is 59.9 Å².